The molecule has 21 heavy (non-hydrogen) atoms. The van der Waals surface area contributed by atoms with Crippen molar-refractivity contribution >= 4 is 5.91 Å². The third kappa shape index (κ3) is 4.42. The van der Waals surface area contributed by atoms with Gasteiger partial charge in [-0.15, -0.1) is 0 Å². The van der Waals surface area contributed by atoms with Gasteiger partial charge in [0.2, 0.25) is 5.91 Å². The Labute approximate surface area is 125 Å². The molecular formula is C18H20FNO. The van der Waals surface area contributed by atoms with Gasteiger partial charge in [0.15, 0.2) is 0 Å². The normalized spacial score (nSPS) is 12.0. The lowest BCUT2D eigenvalue weighted by molar-refractivity contribution is -0.134. The number of amides is 1. The number of hydrogen-bond acceptors (Lipinski definition) is 1. The van der Waals surface area contributed by atoms with E-state index in [4.69, 9.17) is 0 Å². The molecule has 2 nitrogen and oxygen atoms in total. The first-order chi connectivity index (χ1) is 10.1. The Hall–Kier alpha value is -2.16. The number of halogens is 1. The van der Waals surface area contributed by atoms with E-state index in [0.29, 0.717) is 13.0 Å². The molecule has 0 spiro atoms. The van der Waals surface area contributed by atoms with Crippen LogP contribution in [0.2, 0.25) is 0 Å². The molecule has 0 aromatic heterocycles. The van der Waals surface area contributed by atoms with E-state index >= 15 is 0 Å². The molecule has 0 bridgehead atoms. The van der Waals surface area contributed by atoms with Crippen LogP contribution in [0, 0.1) is 11.7 Å². The van der Waals surface area contributed by atoms with Crippen LogP contribution in [0.5, 0.6) is 0 Å². The molecule has 0 aliphatic rings. The van der Waals surface area contributed by atoms with Crippen molar-refractivity contribution in [2.45, 2.75) is 19.9 Å². The minimum absolute atomic E-state index is 0.100. The van der Waals surface area contributed by atoms with Crippen molar-refractivity contribution in [3.8, 4) is 0 Å². The van der Waals surface area contributed by atoms with E-state index in [-0.39, 0.29) is 17.6 Å². The molecule has 110 valence electrons. The van der Waals surface area contributed by atoms with E-state index in [9.17, 15) is 9.18 Å². The van der Waals surface area contributed by atoms with Crippen LogP contribution in [-0.4, -0.2) is 17.9 Å². The van der Waals surface area contributed by atoms with Crippen molar-refractivity contribution in [3.05, 3.63) is 71.5 Å². The molecule has 0 aliphatic carbocycles. The molecule has 2 aromatic carbocycles. The molecule has 0 radical (unpaired) electrons. The fraction of sp³-hybridized carbons (Fsp3) is 0.278. The predicted molar refractivity (Wildman–Crippen MR) is 82.2 cm³/mol. The zero-order chi connectivity index (χ0) is 15.2. The zero-order valence-corrected chi connectivity index (χ0v) is 12.4. The molecule has 2 aromatic rings. The Balaban J connectivity index is 1.93. The zero-order valence-electron chi connectivity index (χ0n) is 12.4. The van der Waals surface area contributed by atoms with Crippen LogP contribution in [0.4, 0.5) is 4.39 Å². The van der Waals surface area contributed by atoms with E-state index in [1.807, 2.05) is 44.3 Å². The van der Waals surface area contributed by atoms with Crippen LogP contribution >= 0.6 is 0 Å². The highest BCUT2D eigenvalue weighted by Crippen LogP contribution is 2.13. The van der Waals surface area contributed by atoms with Gasteiger partial charge in [0.05, 0.1) is 0 Å². The lowest BCUT2D eigenvalue weighted by Crippen LogP contribution is -2.32. The monoisotopic (exact) mass is 285 g/mol. The van der Waals surface area contributed by atoms with Gasteiger partial charge in [0.25, 0.3) is 0 Å². The highest BCUT2D eigenvalue weighted by molar-refractivity contribution is 5.78. The van der Waals surface area contributed by atoms with Crippen molar-refractivity contribution in [1.29, 1.82) is 0 Å². The summed E-state index contributed by atoms with van der Waals surface area (Å²) in [5.41, 5.74) is 2.09. The van der Waals surface area contributed by atoms with Crippen molar-refractivity contribution in [2.24, 2.45) is 5.92 Å². The molecule has 1 amide bonds. The van der Waals surface area contributed by atoms with Crippen LogP contribution < -0.4 is 0 Å². The van der Waals surface area contributed by atoms with Crippen molar-refractivity contribution in [3.63, 3.8) is 0 Å². The van der Waals surface area contributed by atoms with E-state index in [2.05, 4.69) is 0 Å². The number of hydrogen-bond donors (Lipinski definition) is 0. The second-order valence-electron chi connectivity index (χ2n) is 5.41. The molecule has 1 unspecified atom stereocenters. The molecule has 0 N–H and O–H groups in total. The van der Waals surface area contributed by atoms with E-state index in [1.165, 1.54) is 12.1 Å². The van der Waals surface area contributed by atoms with Gasteiger partial charge in [0, 0.05) is 19.5 Å². The second kappa shape index (κ2) is 7.02. The molecule has 0 saturated carbocycles. The summed E-state index contributed by atoms with van der Waals surface area (Å²) in [6, 6.07) is 16.2. The average molecular weight is 285 g/mol. The highest BCUT2D eigenvalue weighted by atomic mass is 19.1. The maximum absolute atomic E-state index is 12.9. The number of carbonyl (C=O) groups excluding carboxylic acids is 1. The maximum atomic E-state index is 12.9. The number of rotatable bonds is 5. The van der Waals surface area contributed by atoms with E-state index < -0.39 is 0 Å². The summed E-state index contributed by atoms with van der Waals surface area (Å²) >= 11 is 0. The summed E-state index contributed by atoms with van der Waals surface area (Å²) in [6.45, 7) is 2.51. The first kappa shape index (κ1) is 15.2. The molecule has 2 rings (SSSR count). The Morgan fingerprint density at radius 1 is 1.05 bits per heavy atom. The van der Waals surface area contributed by atoms with Crippen LogP contribution in [0.25, 0.3) is 0 Å². The topological polar surface area (TPSA) is 20.3 Å². The van der Waals surface area contributed by atoms with E-state index in [0.717, 1.165) is 11.1 Å². The quantitative estimate of drug-likeness (QED) is 0.821. The van der Waals surface area contributed by atoms with Crippen molar-refractivity contribution in [1.82, 2.24) is 4.90 Å². The molecular weight excluding hydrogens is 265 g/mol. The van der Waals surface area contributed by atoms with Gasteiger partial charge in [-0.1, -0.05) is 49.4 Å². The summed E-state index contributed by atoms with van der Waals surface area (Å²) in [7, 11) is 1.82. The minimum atomic E-state index is -0.251. The first-order valence-corrected chi connectivity index (χ1v) is 7.09. The summed E-state index contributed by atoms with van der Waals surface area (Å²) in [5.74, 6) is -0.272. The lowest BCUT2D eigenvalue weighted by Gasteiger charge is -2.21. The second-order valence-corrected chi connectivity index (χ2v) is 5.41. The summed E-state index contributed by atoms with van der Waals surface area (Å²) in [5, 5.41) is 0. The number of benzene rings is 2. The molecule has 0 aliphatic heterocycles. The highest BCUT2D eigenvalue weighted by Gasteiger charge is 2.18. The third-order valence-electron chi connectivity index (χ3n) is 3.52. The van der Waals surface area contributed by atoms with Crippen molar-refractivity contribution in [2.75, 3.05) is 7.05 Å². The summed E-state index contributed by atoms with van der Waals surface area (Å²) in [6.07, 6.45) is 0.623. The fourth-order valence-electron chi connectivity index (χ4n) is 2.37. The Kier molecular flexibility index (Phi) is 5.09. The first-order valence-electron chi connectivity index (χ1n) is 7.09. The van der Waals surface area contributed by atoms with Crippen LogP contribution in [-0.2, 0) is 17.8 Å². The Bertz CT molecular complexity index is 580. The third-order valence-corrected chi connectivity index (χ3v) is 3.52. The van der Waals surface area contributed by atoms with Gasteiger partial charge in [-0.25, -0.2) is 4.39 Å². The predicted octanol–water partition coefficient (Wildman–Crippen LogP) is 3.66. The van der Waals surface area contributed by atoms with Gasteiger partial charge in [-0.2, -0.15) is 0 Å². The van der Waals surface area contributed by atoms with Crippen molar-refractivity contribution < 1.29 is 9.18 Å². The largest absolute Gasteiger partial charge is 0.341 e. The minimum Gasteiger partial charge on any atom is -0.341 e. The maximum Gasteiger partial charge on any atom is 0.225 e. The number of nitrogens with zero attached hydrogens (tertiary/aromatic N) is 1. The summed E-state index contributed by atoms with van der Waals surface area (Å²) in [4.78, 5) is 14.1. The molecule has 0 saturated heterocycles. The average Bonchev–Trinajstić information content (AvgIpc) is 2.49. The molecule has 0 fully saturated rings. The number of carbonyl (C=O) groups is 1. The Morgan fingerprint density at radius 3 is 2.29 bits per heavy atom. The molecule has 3 heteroatoms. The van der Waals surface area contributed by atoms with Gasteiger partial charge in [-0.3, -0.25) is 4.79 Å². The fourth-order valence-corrected chi connectivity index (χ4v) is 2.37. The van der Waals surface area contributed by atoms with Gasteiger partial charge in [0.1, 0.15) is 5.82 Å². The lowest BCUT2D eigenvalue weighted by atomic mass is 9.99. The standard InChI is InChI=1S/C18H20FNO/c1-14(12-15-8-10-17(19)11-9-15)18(21)20(2)13-16-6-4-3-5-7-16/h3-11,14H,12-13H2,1-2H3. The van der Waals surface area contributed by atoms with Gasteiger partial charge in [-0.05, 0) is 29.7 Å². The molecule has 0 heterocycles. The molecule has 1 atom stereocenters. The summed E-state index contributed by atoms with van der Waals surface area (Å²) < 4.78 is 12.9. The SMILES string of the molecule is CC(Cc1ccc(F)cc1)C(=O)N(C)Cc1ccccc1. The Morgan fingerprint density at radius 2 is 1.67 bits per heavy atom. The van der Waals surface area contributed by atoms with E-state index in [1.54, 1.807) is 17.0 Å². The smallest absolute Gasteiger partial charge is 0.225 e. The van der Waals surface area contributed by atoms with Gasteiger partial charge >= 0.3 is 0 Å². The van der Waals surface area contributed by atoms with Crippen LogP contribution in [0.1, 0.15) is 18.1 Å². The van der Waals surface area contributed by atoms with Crippen LogP contribution in [0.15, 0.2) is 54.6 Å². The van der Waals surface area contributed by atoms with Gasteiger partial charge < -0.3 is 4.90 Å². The van der Waals surface area contributed by atoms with Crippen LogP contribution in [0.3, 0.4) is 0 Å².